The van der Waals surface area contributed by atoms with Gasteiger partial charge in [0.15, 0.2) is 0 Å². The molecule has 2 amide bonds. The Balaban J connectivity index is 1.22. The van der Waals surface area contributed by atoms with Crippen LogP contribution in [-0.2, 0) is 4.74 Å². The standard InChI is InChI=1S/C29H31N5O4/c1-2-37-27-12-4-3-11-26(27)32-29(36)38-18-17-33-13-15-34(16-14-33)25-10-6-9-24(20-25)31-28(35)23-8-5-7-22(19-23)21-30/h3-12,19-20H,2,13-18H2,1H3,(H,31,35)(H,32,36). The fourth-order valence-corrected chi connectivity index (χ4v) is 4.21. The number of nitrogens with one attached hydrogen (secondary N) is 2. The Bertz CT molecular complexity index is 1300. The van der Waals surface area contributed by atoms with E-state index in [4.69, 9.17) is 14.7 Å². The zero-order chi connectivity index (χ0) is 26.7. The molecule has 0 radical (unpaired) electrons. The molecule has 9 heteroatoms. The van der Waals surface area contributed by atoms with E-state index < -0.39 is 6.09 Å². The third-order valence-electron chi connectivity index (χ3n) is 6.16. The molecule has 0 saturated carbocycles. The van der Waals surface area contributed by atoms with Gasteiger partial charge in [-0.15, -0.1) is 0 Å². The van der Waals surface area contributed by atoms with Crippen molar-refractivity contribution in [2.24, 2.45) is 0 Å². The van der Waals surface area contributed by atoms with Crippen molar-refractivity contribution in [1.29, 1.82) is 5.26 Å². The van der Waals surface area contributed by atoms with Gasteiger partial charge in [0.05, 0.1) is 23.9 Å². The second kappa shape index (κ2) is 13.1. The van der Waals surface area contributed by atoms with E-state index in [2.05, 4.69) is 26.5 Å². The zero-order valence-corrected chi connectivity index (χ0v) is 21.4. The summed E-state index contributed by atoms with van der Waals surface area (Å²) in [6, 6.07) is 23.7. The smallest absolute Gasteiger partial charge is 0.411 e. The average Bonchev–Trinajstić information content (AvgIpc) is 2.95. The van der Waals surface area contributed by atoms with E-state index >= 15 is 0 Å². The van der Waals surface area contributed by atoms with E-state index in [0.29, 0.717) is 41.4 Å². The molecule has 0 atom stereocenters. The quantitative estimate of drug-likeness (QED) is 0.431. The van der Waals surface area contributed by atoms with Crippen molar-refractivity contribution in [3.8, 4) is 11.8 Å². The van der Waals surface area contributed by atoms with Crippen LogP contribution >= 0.6 is 0 Å². The summed E-state index contributed by atoms with van der Waals surface area (Å²) >= 11 is 0. The summed E-state index contributed by atoms with van der Waals surface area (Å²) in [6.45, 7) is 6.62. The Morgan fingerprint density at radius 3 is 2.53 bits per heavy atom. The molecule has 0 unspecified atom stereocenters. The molecule has 38 heavy (non-hydrogen) atoms. The molecule has 9 nitrogen and oxygen atoms in total. The van der Waals surface area contributed by atoms with Gasteiger partial charge in [0.25, 0.3) is 5.91 Å². The van der Waals surface area contributed by atoms with E-state index in [9.17, 15) is 9.59 Å². The molecule has 0 bridgehead atoms. The molecule has 4 rings (SSSR count). The number of benzene rings is 3. The van der Waals surface area contributed by atoms with Crippen LogP contribution in [0.5, 0.6) is 5.75 Å². The average molecular weight is 514 g/mol. The van der Waals surface area contributed by atoms with Gasteiger partial charge in [-0.2, -0.15) is 5.26 Å². The van der Waals surface area contributed by atoms with Gasteiger partial charge in [-0.05, 0) is 55.5 Å². The van der Waals surface area contributed by atoms with E-state index in [1.807, 2.05) is 43.3 Å². The van der Waals surface area contributed by atoms with Crippen molar-refractivity contribution >= 4 is 29.1 Å². The highest BCUT2D eigenvalue weighted by Gasteiger charge is 2.18. The lowest BCUT2D eigenvalue weighted by Crippen LogP contribution is -2.47. The topological polar surface area (TPSA) is 107 Å². The largest absolute Gasteiger partial charge is 0.492 e. The fraction of sp³-hybridized carbons (Fsp3) is 0.276. The van der Waals surface area contributed by atoms with Crippen molar-refractivity contribution < 1.29 is 19.1 Å². The Morgan fingerprint density at radius 1 is 0.947 bits per heavy atom. The molecule has 0 aliphatic carbocycles. The number of carbonyl (C=O) groups is 2. The van der Waals surface area contributed by atoms with Crippen LogP contribution in [0.15, 0.2) is 72.8 Å². The Morgan fingerprint density at radius 2 is 1.74 bits per heavy atom. The number of hydrogen-bond donors (Lipinski definition) is 2. The van der Waals surface area contributed by atoms with Crippen LogP contribution in [0.1, 0.15) is 22.8 Å². The Kier molecular flexibility index (Phi) is 9.16. The number of para-hydroxylation sites is 2. The molecule has 1 fully saturated rings. The first-order valence-corrected chi connectivity index (χ1v) is 12.6. The third kappa shape index (κ3) is 7.24. The zero-order valence-electron chi connectivity index (χ0n) is 21.4. The lowest BCUT2D eigenvalue weighted by Gasteiger charge is -2.36. The molecule has 3 aromatic carbocycles. The predicted molar refractivity (Wildman–Crippen MR) is 147 cm³/mol. The molecule has 3 aromatic rings. The van der Waals surface area contributed by atoms with Crippen LogP contribution in [0.3, 0.4) is 0 Å². The van der Waals surface area contributed by atoms with Crippen molar-refractivity contribution in [3.63, 3.8) is 0 Å². The molecular formula is C29H31N5O4. The number of nitrogens with zero attached hydrogens (tertiary/aromatic N) is 3. The van der Waals surface area contributed by atoms with Crippen molar-refractivity contribution in [2.75, 3.05) is 61.5 Å². The molecule has 0 spiro atoms. The summed E-state index contributed by atoms with van der Waals surface area (Å²) in [6.07, 6.45) is -0.506. The summed E-state index contributed by atoms with van der Waals surface area (Å²) in [5, 5.41) is 14.7. The first-order valence-electron chi connectivity index (χ1n) is 12.6. The summed E-state index contributed by atoms with van der Waals surface area (Å²) in [5.74, 6) is 0.356. The highest BCUT2D eigenvalue weighted by atomic mass is 16.5. The lowest BCUT2D eigenvalue weighted by molar-refractivity contribution is 0.102. The summed E-state index contributed by atoms with van der Waals surface area (Å²) < 4.78 is 10.9. The summed E-state index contributed by atoms with van der Waals surface area (Å²) in [7, 11) is 0. The van der Waals surface area contributed by atoms with Gasteiger partial charge in [0, 0.05) is 49.7 Å². The highest BCUT2D eigenvalue weighted by molar-refractivity contribution is 6.04. The van der Waals surface area contributed by atoms with Crippen LogP contribution in [0.25, 0.3) is 0 Å². The molecule has 1 heterocycles. The predicted octanol–water partition coefficient (Wildman–Crippen LogP) is 4.58. The molecule has 0 aromatic heterocycles. The maximum absolute atomic E-state index is 12.6. The molecule has 196 valence electrons. The minimum atomic E-state index is -0.506. The van der Waals surface area contributed by atoms with Gasteiger partial charge in [0.2, 0.25) is 0 Å². The lowest BCUT2D eigenvalue weighted by atomic mass is 10.1. The molecular weight excluding hydrogens is 482 g/mol. The van der Waals surface area contributed by atoms with E-state index in [-0.39, 0.29) is 12.5 Å². The minimum Gasteiger partial charge on any atom is -0.492 e. The molecule has 1 aliphatic rings. The third-order valence-corrected chi connectivity index (χ3v) is 6.16. The van der Waals surface area contributed by atoms with Crippen molar-refractivity contribution in [1.82, 2.24) is 4.90 Å². The van der Waals surface area contributed by atoms with Crippen LogP contribution in [0.4, 0.5) is 21.9 Å². The summed E-state index contributed by atoms with van der Waals surface area (Å²) in [5.41, 5.74) is 3.20. The van der Waals surface area contributed by atoms with Gasteiger partial charge >= 0.3 is 6.09 Å². The Labute approximate surface area is 222 Å². The Hall–Kier alpha value is -4.55. The van der Waals surface area contributed by atoms with Gasteiger partial charge in [-0.3, -0.25) is 15.0 Å². The number of carbonyl (C=O) groups excluding carboxylic acids is 2. The second-order valence-corrected chi connectivity index (χ2v) is 8.72. The van der Waals surface area contributed by atoms with Crippen LogP contribution in [-0.4, -0.2) is 62.8 Å². The maximum Gasteiger partial charge on any atom is 0.411 e. The SMILES string of the molecule is CCOc1ccccc1NC(=O)OCCN1CCN(c2cccc(NC(=O)c3cccc(C#N)c3)c2)CC1. The number of amides is 2. The molecule has 2 N–H and O–H groups in total. The summed E-state index contributed by atoms with van der Waals surface area (Å²) in [4.78, 5) is 29.4. The van der Waals surface area contributed by atoms with Crippen LogP contribution in [0.2, 0.25) is 0 Å². The fourth-order valence-electron chi connectivity index (χ4n) is 4.21. The van der Waals surface area contributed by atoms with Gasteiger partial charge in [-0.25, -0.2) is 4.79 Å². The molecule has 1 aliphatic heterocycles. The van der Waals surface area contributed by atoms with E-state index in [0.717, 1.165) is 31.9 Å². The number of ether oxygens (including phenoxy) is 2. The highest BCUT2D eigenvalue weighted by Crippen LogP contribution is 2.24. The van der Waals surface area contributed by atoms with Gasteiger partial charge in [-0.1, -0.05) is 24.3 Å². The number of anilines is 3. The van der Waals surface area contributed by atoms with Gasteiger partial charge < -0.3 is 19.7 Å². The minimum absolute atomic E-state index is 0.255. The van der Waals surface area contributed by atoms with Gasteiger partial charge in [0.1, 0.15) is 12.4 Å². The number of hydrogen-bond acceptors (Lipinski definition) is 7. The van der Waals surface area contributed by atoms with Crippen LogP contribution in [0, 0.1) is 11.3 Å². The maximum atomic E-state index is 12.6. The number of piperazine rings is 1. The van der Waals surface area contributed by atoms with E-state index in [1.165, 1.54) is 0 Å². The second-order valence-electron chi connectivity index (χ2n) is 8.72. The van der Waals surface area contributed by atoms with Crippen molar-refractivity contribution in [3.05, 3.63) is 83.9 Å². The monoisotopic (exact) mass is 513 g/mol. The first kappa shape index (κ1) is 26.5. The van der Waals surface area contributed by atoms with E-state index in [1.54, 1.807) is 36.4 Å². The van der Waals surface area contributed by atoms with Crippen molar-refractivity contribution in [2.45, 2.75) is 6.92 Å². The first-order chi connectivity index (χ1) is 18.6. The molecule has 1 saturated heterocycles. The van der Waals surface area contributed by atoms with Crippen LogP contribution < -0.4 is 20.3 Å². The number of nitriles is 1. The normalized spacial score (nSPS) is 13.3. The number of rotatable bonds is 9.